The van der Waals surface area contributed by atoms with E-state index in [-0.39, 0.29) is 31.0 Å². The first-order chi connectivity index (χ1) is 20.5. The number of methoxy groups -OCH3 is 1. The van der Waals surface area contributed by atoms with Crippen LogP contribution in [0, 0.1) is 11.3 Å². The largest absolute Gasteiger partial charge is 0.460 e. The smallest absolute Gasteiger partial charge is 0.410 e. The average Bonchev–Trinajstić information content (AvgIpc) is 3.43. The first-order valence-corrected chi connectivity index (χ1v) is 14.4. The fraction of sp³-hybridized carbons (Fsp3) is 0.382. The van der Waals surface area contributed by atoms with Crippen molar-refractivity contribution in [3.05, 3.63) is 82.6 Å². The number of nitriles is 1. The lowest BCUT2D eigenvalue weighted by atomic mass is 9.86. The minimum absolute atomic E-state index is 0.0547. The number of furan rings is 1. The summed E-state index contributed by atoms with van der Waals surface area (Å²) in [6.45, 7) is 8.96. The fourth-order valence-electron chi connectivity index (χ4n) is 5.11. The van der Waals surface area contributed by atoms with Gasteiger partial charge in [-0.2, -0.15) is 5.26 Å². The molecule has 4 rings (SSSR count). The molecule has 1 aliphatic heterocycles. The Bertz CT molecular complexity index is 1520. The summed E-state index contributed by atoms with van der Waals surface area (Å²) in [5.74, 6) is 0.129. The molecule has 0 saturated carbocycles. The van der Waals surface area contributed by atoms with Crippen molar-refractivity contribution >= 4 is 23.3 Å². The van der Waals surface area contributed by atoms with Crippen LogP contribution in [0.2, 0.25) is 0 Å². The molecule has 0 unspecified atom stereocenters. The Morgan fingerprint density at radius 1 is 1.09 bits per heavy atom. The van der Waals surface area contributed by atoms with E-state index in [1.165, 1.54) is 0 Å². The van der Waals surface area contributed by atoms with Crippen LogP contribution in [0.5, 0.6) is 0 Å². The Morgan fingerprint density at radius 3 is 2.40 bits per heavy atom. The van der Waals surface area contributed by atoms with Crippen LogP contribution in [-0.2, 0) is 14.2 Å². The van der Waals surface area contributed by atoms with Gasteiger partial charge in [0, 0.05) is 42.6 Å². The second-order valence-electron chi connectivity index (χ2n) is 11.4. The minimum Gasteiger partial charge on any atom is -0.460 e. The van der Waals surface area contributed by atoms with E-state index in [1.54, 1.807) is 49.3 Å². The Kier molecular flexibility index (Phi) is 9.94. The molecule has 1 fully saturated rings. The van der Waals surface area contributed by atoms with Crippen LogP contribution in [0.4, 0.5) is 10.5 Å². The van der Waals surface area contributed by atoms with Crippen LogP contribution in [0.1, 0.15) is 79.3 Å². The summed E-state index contributed by atoms with van der Waals surface area (Å²) in [5, 5.41) is 9.19. The first kappa shape index (κ1) is 31.4. The van der Waals surface area contributed by atoms with Gasteiger partial charge < -0.3 is 29.3 Å². The van der Waals surface area contributed by atoms with Gasteiger partial charge in [-0.25, -0.2) is 9.59 Å². The van der Waals surface area contributed by atoms with Gasteiger partial charge in [0.15, 0.2) is 0 Å². The number of anilines is 1. The van der Waals surface area contributed by atoms with Crippen LogP contribution in [0.25, 0.3) is 16.9 Å². The Hall–Kier alpha value is -4.55. The summed E-state index contributed by atoms with van der Waals surface area (Å²) in [6.07, 6.45) is 3.14. The molecule has 2 N–H and O–H groups in total. The van der Waals surface area contributed by atoms with Gasteiger partial charge in [-0.1, -0.05) is 12.1 Å². The molecule has 1 saturated heterocycles. The summed E-state index contributed by atoms with van der Waals surface area (Å²) >= 11 is 0. The number of esters is 1. The van der Waals surface area contributed by atoms with Crippen LogP contribution in [0.15, 0.2) is 59.0 Å². The van der Waals surface area contributed by atoms with Gasteiger partial charge in [0.2, 0.25) is 5.76 Å². The van der Waals surface area contributed by atoms with E-state index in [0.717, 1.165) is 24.0 Å². The molecule has 2 heterocycles. The molecule has 43 heavy (non-hydrogen) atoms. The molecule has 9 heteroatoms. The van der Waals surface area contributed by atoms with E-state index in [2.05, 4.69) is 6.07 Å². The zero-order valence-corrected chi connectivity index (χ0v) is 25.4. The fourth-order valence-corrected chi connectivity index (χ4v) is 5.11. The number of rotatable bonds is 8. The maximum absolute atomic E-state index is 13.1. The Balaban J connectivity index is 1.70. The van der Waals surface area contributed by atoms with Gasteiger partial charge in [0.1, 0.15) is 11.4 Å². The number of hydrogen-bond donors (Lipinski definition) is 1. The third-order valence-electron chi connectivity index (χ3n) is 7.22. The molecule has 0 bridgehead atoms. The zero-order chi connectivity index (χ0) is 31.1. The Morgan fingerprint density at radius 2 is 1.79 bits per heavy atom. The second kappa shape index (κ2) is 13.6. The summed E-state index contributed by atoms with van der Waals surface area (Å²) in [7, 11) is 1.59. The second-order valence-corrected chi connectivity index (χ2v) is 11.4. The monoisotopic (exact) mass is 585 g/mol. The van der Waals surface area contributed by atoms with Gasteiger partial charge in [-0.15, -0.1) is 0 Å². The maximum atomic E-state index is 13.1. The molecule has 0 radical (unpaired) electrons. The van der Waals surface area contributed by atoms with E-state index in [0.29, 0.717) is 46.8 Å². The number of hydrogen-bond acceptors (Lipinski definition) is 8. The van der Waals surface area contributed by atoms with Crippen LogP contribution < -0.4 is 5.73 Å². The third-order valence-corrected chi connectivity index (χ3v) is 7.22. The number of likely N-dealkylation sites (tertiary alicyclic amines) is 1. The van der Waals surface area contributed by atoms with Gasteiger partial charge in [0.05, 0.1) is 24.8 Å². The van der Waals surface area contributed by atoms with E-state index in [9.17, 15) is 14.9 Å². The SMILES string of the molecule is CCOC(=O)c1oc(-c2ccc(C#N)cc2)cc1/C(=C/COC)c1cc(C2CCN(C(=O)OC(C)(C)C)CC2)ccc1N. The molecule has 2 aromatic carbocycles. The average molecular weight is 586 g/mol. The van der Waals surface area contributed by atoms with E-state index in [1.807, 2.05) is 45.0 Å². The zero-order valence-electron chi connectivity index (χ0n) is 25.4. The quantitative estimate of drug-likeness (QED) is 0.227. The standard InChI is InChI=1S/C34H39N3O6/c1-6-41-32(38)31-28(20-30(42-31)24-9-7-22(21-35)8-10-24)26(15-18-40-5)27-19-25(11-12-29(27)36)23-13-16-37(17-14-23)33(39)43-34(2,3)4/h7-12,15,19-20,23H,6,13-14,16-18,36H2,1-5H3/b26-15+. The van der Waals surface area contributed by atoms with Crippen molar-refractivity contribution in [2.75, 3.05) is 39.1 Å². The molecular weight excluding hydrogens is 546 g/mol. The predicted molar refractivity (Wildman–Crippen MR) is 164 cm³/mol. The number of piperidine rings is 1. The van der Waals surface area contributed by atoms with Gasteiger partial charge in [-0.05, 0) is 100 Å². The molecule has 0 spiro atoms. The van der Waals surface area contributed by atoms with Gasteiger partial charge >= 0.3 is 12.1 Å². The first-order valence-electron chi connectivity index (χ1n) is 14.4. The highest BCUT2D eigenvalue weighted by atomic mass is 16.6. The lowest BCUT2D eigenvalue weighted by Crippen LogP contribution is -2.41. The maximum Gasteiger partial charge on any atom is 0.410 e. The highest BCUT2D eigenvalue weighted by Gasteiger charge is 2.29. The summed E-state index contributed by atoms with van der Waals surface area (Å²) in [4.78, 5) is 27.4. The number of carbonyl (C=O) groups excluding carboxylic acids is 2. The summed E-state index contributed by atoms with van der Waals surface area (Å²) in [6, 6.07) is 16.8. The van der Waals surface area contributed by atoms with Crippen molar-refractivity contribution in [1.29, 1.82) is 5.26 Å². The molecular formula is C34H39N3O6. The topological polar surface area (TPSA) is 128 Å². The number of carbonyl (C=O) groups is 2. The number of ether oxygens (including phenoxy) is 3. The number of amides is 1. The van der Waals surface area contributed by atoms with E-state index < -0.39 is 11.6 Å². The van der Waals surface area contributed by atoms with Crippen molar-refractivity contribution in [3.63, 3.8) is 0 Å². The molecule has 0 aliphatic carbocycles. The van der Waals surface area contributed by atoms with Crippen molar-refractivity contribution < 1.29 is 28.2 Å². The molecule has 1 amide bonds. The van der Waals surface area contributed by atoms with Crippen molar-refractivity contribution in [3.8, 4) is 17.4 Å². The molecule has 3 aromatic rings. The molecule has 9 nitrogen and oxygen atoms in total. The van der Waals surface area contributed by atoms with Crippen LogP contribution in [0.3, 0.4) is 0 Å². The lowest BCUT2D eigenvalue weighted by molar-refractivity contribution is 0.0204. The third kappa shape index (κ3) is 7.65. The number of benzene rings is 2. The van der Waals surface area contributed by atoms with E-state index in [4.69, 9.17) is 24.4 Å². The molecule has 0 atom stereocenters. The molecule has 226 valence electrons. The molecule has 1 aliphatic rings. The van der Waals surface area contributed by atoms with Crippen molar-refractivity contribution in [1.82, 2.24) is 4.90 Å². The summed E-state index contributed by atoms with van der Waals surface area (Å²) < 4.78 is 22.4. The summed E-state index contributed by atoms with van der Waals surface area (Å²) in [5.41, 5.74) is 10.8. The Labute approximate surface area is 252 Å². The number of nitrogens with two attached hydrogens (primary N) is 1. The molecule has 1 aromatic heterocycles. The van der Waals surface area contributed by atoms with Crippen molar-refractivity contribution in [2.45, 2.75) is 52.1 Å². The number of nitrogen functional groups attached to an aromatic ring is 1. The van der Waals surface area contributed by atoms with Crippen LogP contribution >= 0.6 is 0 Å². The predicted octanol–water partition coefficient (Wildman–Crippen LogP) is 6.77. The highest BCUT2D eigenvalue weighted by molar-refractivity contribution is 5.98. The van der Waals surface area contributed by atoms with Crippen molar-refractivity contribution in [2.24, 2.45) is 0 Å². The normalized spacial score (nSPS) is 14.3. The van der Waals surface area contributed by atoms with Gasteiger partial charge in [0.25, 0.3) is 0 Å². The number of nitrogens with zero attached hydrogens (tertiary/aromatic N) is 2. The van der Waals surface area contributed by atoms with E-state index >= 15 is 0 Å². The minimum atomic E-state index is -0.593. The lowest BCUT2D eigenvalue weighted by Gasteiger charge is -2.33. The van der Waals surface area contributed by atoms with Crippen LogP contribution in [-0.4, -0.2) is 56.0 Å². The highest BCUT2D eigenvalue weighted by Crippen LogP contribution is 2.38. The van der Waals surface area contributed by atoms with Gasteiger partial charge in [-0.3, -0.25) is 0 Å².